The number of anilines is 2. The van der Waals surface area contributed by atoms with Crippen LogP contribution in [0.2, 0.25) is 0 Å². The summed E-state index contributed by atoms with van der Waals surface area (Å²) in [5.41, 5.74) is 3.72. The van der Waals surface area contributed by atoms with Gasteiger partial charge in [0.25, 0.3) is 0 Å². The first kappa shape index (κ1) is 14.2. The normalized spacial score (nSPS) is 10.6. The zero-order valence-electron chi connectivity index (χ0n) is 12.2. The maximum Gasteiger partial charge on any atom is 0.0596 e. The number of nitrogens with zero attached hydrogens (tertiary/aromatic N) is 1. The van der Waals surface area contributed by atoms with Crippen molar-refractivity contribution >= 4 is 34.0 Å². The second-order valence-electron chi connectivity index (χ2n) is 5.04. The number of hydrogen-bond donors (Lipinski definition) is 1. The van der Waals surface area contributed by atoms with E-state index in [0.29, 0.717) is 0 Å². The molecule has 0 spiro atoms. The average Bonchev–Trinajstić information content (AvgIpc) is 3.16. The highest BCUT2D eigenvalue weighted by Crippen LogP contribution is 2.30. The van der Waals surface area contributed by atoms with E-state index in [4.69, 9.17) is 0 Å². The van der Waals surface area contributed by atoms with Crippen LogP contribution in [0.1, 0.15) is 4.88 Å². The summed E-state index contributed by atoms with van der Waals surface area (Å²) in [5.74, 6) is 0. The first-order chi connectivity index (χ1) is 10.2. The topological polar surface area (TPSA) is 15.3 Å². The molecule has 0 bridgehead atoms. The Balaban J connectivity index is 1.71. The molecule has 0 amide bonds. The van der Waals surface area contributed by atoms with Crippen LogP contribution in [0.4, 0.5) is 11.4 Å². The van der Waals surface area contributed by atoms with Crippen LogP contribution in [0.3, 0.4) is 0 Å². The maximum atomic E-state index is 3.54. The molecule has 108 valence electrons. The zero-order valence-corrected chi connectivity index (χ0v) is 13.8. The molecule has 0 saturated heterocycles. The third kappa shape index (κ3) is 3.28. The van der Waals surface area contributed by atoms with E-state index >= 15 is 0 Å². The first-order valence-electron chi connectivity index (χ1n) is 6.85. The van der Waals surface area contributed by atoms with E-state index in [1.165, 1.54) is 26.7 Å². The third-order valence-corrected chi connectivity index (χ3v) is 5.15. The van der Waals surface area contributed by atoms with Gasteiger partial charge in [-0.3, -0.25) is 0 Å². The van der Waals surface area contributed by atoms with Gasteiger partial charge < -0.3 is 10.2 Å². The summed E-state index contributed by atoms with van der Waals surface area (Å²) in [6.07, 6.45) is 0. The van der Waals surface area contributed by atoms with Gasteiger partial charge in [-0.15, -0.1) is 22.7 Å². The molecular weight excluding hydrogens is 296 g/mol. The lowest BCUT2D eigenvalue weighted by Gasteiger charge is -2.18. The standard InChI is InChI=1S/C17H18N2S2/c1-19(2)16-7-4-3-6-15(16)18-11-14-10-13(12-21-14)17-8-5-9-20-17/h3-10,12,18H,11H2,1-2H3. The largest absolute Gasteiger partial charge is 0.378 e. The highest BCUT2D eigenvalue weighted by molar-refractivity contribution is 7.14. The molecule has 0 atom stereocenters. The minimum Gasteiger partial charge on any atom is -0.378 e. The van der Waals surface area contributed by atoms with Gasteiger partial charge in [0.05, 0.1) is 11.4 Å². The van der Waals surface area contributed by atoms with E-state index in [1.807, 2.05) is 11.3 Å². The fourth-order valence-corrected chi connectivity index (χ4v) is 3.85. The fraction of sp³-hybridized carbons (Fsp3) is 0.176. The lowest BCUT2D eigenvalue weighted by Crippen LogP contribution is -2.11. The third-order valence-electron chi connectivity index (χ3n) is 3.30. The summed E-state index contributed by atoms with van der Waals surface area (Å²) in [7, 11) is 4.14. The van der Waals surface area contributed by atoms with Crippen molar-refractivity contribution in [2.45, 2.75) is 6.54 Å². The van der Waals surface area contributed by atoms with E-state index in [1.54, 1.807) is 11.3 Å². The minimum absolute atomic E-state index is 0.862. The summed E-state index contributed by atoms with van der Waals surface area (Å²) in [6, 6.07) is 15.0. The predicted octanol–water partition coefficient (Wildman–Crippen LogP) is 5.15. The first-order valence-corrected chi connectivity index (χ1v) is 8.61. The lowest BCUT2D eigenvalue weighted by molar-refractivity contribution is 1.11. The Labute approximate surface area is 133 Å². The molecule has 0 unspecified atom stereocenters. The summed E-state index contributed by atoms with van der Waals surface area (Å²) >= 11 is 3.60. The quantitative estimate of drug-likeness (QED) is 0.700. The summed E-state index contributed by atoms with van der Waals surface area (Å²) in [4.78, 5) is 4.83. The van der Waals surface area contributed by atoms with Gasteiger partial charge in [-0.1, -0.05) is 18.2 Å². The summed E-state index contributed by atoms with van der Waals surface area (Å²) < 4.78 is 0. The molecule has 4 heteroatoms. The molecule has 2 aromatic heterocycles. The van der Waals surface area contributed by atoms with Crippen molar-refractivity contribution in [1.29, 1.82) is 0 Å². The highest BCUT2D eigenvalue weighted by atomic mass is 32.1. The van der Waals surface area contributed by atoms with Crippen molar-refractivity contribution in [2.24, 2.45) is 0 Å². The number of para-hydroxylation sites is 2. The molecule has 1 aromatic carbocycles. The Morgan fingerprint density at radius 1 is 1.05 bits per heavy atom. The average molecular weight is 314 g/mol. The fourth-order valence-electron chi connectivity index (χ4n) is 2.24. The van der Waals surface area contributed by atoms with Gasteiger partial charge in [0.15, 0.2) is 0 Å². The van der Waals surface area contributed by atoms with Crippen LogP contribution in [-0.4, -0.2) is 14.1 Å². The molecule has 21 heavy (non-hydrogen) atoms. The predicted molar refractivity (Wildman–Crippen MR) is 95.7 cm³/mol. The van der Waals surface area contributed by atoms with Crippen LogP contribution in [0.5, 0.6) is 0 Å². The number of hydrogen-bond acceptors (Lipinski definition) is 4. The van der Waals surface area contributed by atoms with Crippen molar-refractivity contribution in [3.8, 4) is 10.4 Å². The molecule has 0 aliphatic carbocycles. The van der Waals surface area contributed by atoms with E-state index in [-0.39, 0.29) is 0 Å². The summed E-state index contributed by atoms with van der Waals surface area (Å²) in [5, 5.41) is 7.90. The minimum atomic E-state index is 0.862. The monoisotopic (exact) mass is 314 g/mol. The van der Waals surface area contributed by atoms with Gasteiger partial charge in [0.2, 0.25) is 0 Å². The van der Waals surface area contributed by atoms with Crippen molar-refractivity contribution in [3.63, 3.8) is 0 Å². The van der Waals surface area contributed by atoms with Gasteiger partial charge in [-0.05, 0) is 35.0 Å². The van der Waals surface area contributed by atoms with Crippen LogP contribution in [0.15, 0.2) is 53.2 Å². The zero-order chi connectivity index (χ0) is 14.7. The molecular formula is C17H18N2S2. The SMILES string of the molecule is CN(C)c1ccccc1NCc1cc(-c2cccs2)cs1. The van der Waals surface area contributed by atoms with Gasteiger partial charge in [0, 0.05) is 36.0 Å². The molecule has 0 fully saturated rings. The second-order valence-corrected chi connectivity index (χ2v) is 6.99. The molecule has 0 saturated carbocycles. The van der Waals surface area contributed by atoms with Gasteiger partial charge >= 0.3 is 0 Å². The Kier molecular flexibility index (Phi) is 4.27. The Morgan fingerprint density at radius 3 is 2.67 bits per heavy atom. The molecule has 0 aliphatic rings. The number of thiophene rings is 2. The maximum absolute atomic E-state index is 3.54. The van der Waals surface area contributed by atoms with Crippen molar-refractivity contribution in [2.75, 3.05) is 24.3 Å². The van der Waals surface area contributed by atoms with E-state index in [2.05, 4.69) is 77.5 Å². The summed E-state index contributed by atoms with van der Waals surface area (Å²) in [6.45, 7) is 0.862. The molecule has 3 rings (SSSR count). The highest BCUT2D eigenvalue weighted by Gasteiger charge is 2.06. The molecule has 2 nitrogen and oxygen atoms in total. The number of rotatable bonds is 5. The van der Waals surface area contributed by atoms with Crippen LogP contribution >= 0.6 is 22.7 Å². The van der Waals surface area contributed by atoms with Crippen molar-refractivity contribution in [3.05, 3.63) is 58.1 Å². The molecule has 1 N–H and O–H groups in total. The van der Waals surface area contributed by atoms with Gasteiger partial charge in [-0.2, -0.15) is 0 Å². The lowest BCUT2D eigenvalue weighted by atomic mass is 10.2. The number of benzene rings is 1. The Hall–Kier alpha value is -1.78. The van der Waals surface area contributed by atoms with Crippen LogP contribution in [0, 0.1) is 0 Å². The molecule has 0 aliphatic heterocycles. The van der Waals surface area contributed by atoms with E-state index in [0.717, 1.165) is 6.54 Å². The van der Waals surface area contributed by atoms with Crippen LogP contribution in [0.25, 0.3) is 10.4 Å². The van der Waals surface area contributed by atoms with Crippen molar-refractivity contribution in [1.82, 2.24) is 0 Å². The molecule has 3 aromatic rings. The Morgan fingerprint density at radius 2 is 1.90 bits per heavy atom. The van der Waals surface area contributed by atoms with Gasteiger partial charge in [-0.25, -0.2) is 0 Å². The number of nitrogens with one attached hydrogen (secondary N) is 1. The second kappa shape index (κ2) is 6.33. The van der Waals surface area contributed by atoms with E-state index in [9.17, 15) is 0 Å². The van der Waals surface area contributed by atoms with E-state index < -0.39 is 0 Å². The molecule has 2 heterocycles. The van der Waals surface area contributed by atoms with Crippen LogP contribution < -0.4 is 10.2 Å². The van der Waals surface area contributed by atoms with Crippen molar-refractivity contribution < 1.29 is 0 Å². The molecule has 0 radical (unpaired) electrons. The Bertz CT molecular complexity index is 699. The smallest absolute Gasteiger partial charge is 0.0596 e. The van der Waals surface area contributed by atoms with Gasteiger partial charge in [0.1, 0.15) is 0 Å². The van der Waals surface area contributed by atoms with Crippen LogP contribution in [-0.2, 0) is 6.54 Å².